The Labute approximate surface area is 92.9 Å². The quantitative estimate of drug-likeness (QED) is 0.807. The van der Waals surface area contributed by atoms with Crippen LogP contribution in [0.15, 0.2) is 5.38 Å². The molecule has 82 valence electrons. The highest BCUT2D eigenvalue weighted by atomic mass is 32.1. The highest BCUT2D eigenvalue weighted by Crippen LogP contribution is 2.33. The number of nitrogens with one attached hydrogen (secondary N) is 1. The Morgan fingerprint density at radius 1 is 1.80 bits per heavy atom. The fourth-order valence-electron chi connectivity index (χ4n) is 1.63. The first-order valence-electron chi connectivity index (χ1n) is 5.20. The third-order valence-corrected chi connectivity index (χ3v) is 3.59. The monoisotopic (exact) mass is 225 g/mol. The summed E-state index contributed by atoms with van der Waals surface area (Å²) in [6, 6.07) is 0.366. The first kappa shape index (κ1) is 10.6. The molecule has 1 aliphatic rings. The number of nitrogens with zero attached hydrogens (tertiary/aromatic N) is 1. The van der Waals surface area contributed by atoms with Crippen LogP contribution >= 0.6 is 11.3 Å². The van der Waals surface area contributed by atoms with E-state index >= 15 is 0 Å². The minimum absolute atomic E-state index is 0.0631. The van der Waals surface area contributed by atoms with Gasteiger partial charge in [-0.3, -0.25) is 4.79 Å². The van der Waals surface area contributed by atoms with Crippen LogP contribution < -0.4 is 11.1 Å². The fourth-order valence-corrected chi connectivity index (χ4v) is 2.28. The summed E-state index contributed by atoms with van der Waals surface area (Å²) in [6.07, 6.45) is 2.24. The van der Waals surface area contributed by atoms with Crippen LogP contribution in [0.25, 0.3) is 0 Å². The van der Waals surface area contributed by atoms with Crippen molar-refractivity contribution in [1.29, 1.82) is 0 Å². The van der Waals surface area contributed by atoms with Gasteiger partial charge in [-0.1, -0.05) is 13.3 Å². The van der Waals surface area contributed by atoms with Gasteiger partial charge in [-0.25, -0.2) is 4.98 Å². The van der Waals surface area contributed by atoms with Crippen molar-refractivity contribution in [2.75, 3.05) is 0 Å². The Bertz CT molecular complexity index is 363. The average Bonchev–Trinajstić information content (AvgIpc) is 2.81. The molecule has 2 unspecified atom stereocenters. The molecule has 0 aliphatic heterocycles. The van der Waals surface area contributed by atoms with Gasteiger partial charge in [-0.15, -0.1) is 11.3 Å². The van der Waals surface area contributed by atoms with Crippen LogP contribution in [0, 0.1) is 5.92 Å². The van der Waals surface area contributed by atoms with E-state index in [2.05, 4.69) is 17.2 Å². The van der Waals surface area contributed by atoms with E-state index in [0.29, 0.717) is 24.2 Å². The SMILES string of the molecule is CCC1CC1NC(=O)c1csc(CN)n1. The van der Waals surface area contributed by atoms with Crippen LogP contribution in [0.5, 0.6) is 0 Å². The molecule has 2 atom stereocenters. The van der Waals surface area contributed by atoms with Crippen molar-refractivity contribution >= 4 is 17.2 Å². The van der Waals surface area contributed by atoms with Crippen LogP contribution in [-0.2, 0) is 6.54 Å². The summed E-state index contributed by atoms with van der Waals surface area (Å²) in [4.78, 5) is 15.8. The summed E-state index contributed by atoms with van der Waals surface area (Å²) in [5, 5.41) is 5.55. The largest absolute Gasteiger partial charge is 0.348 e. The second-order valence-electron chi connectivity index (χ2n) is 3.81. The van der Waals surface area contributed by atoms with Crippen LogP contribution in [0.1, 0.15) is 35.3 Å². The number of nitrogens with two attached hydrogens (primary N) is 1. The Balaban J connectivity index is 1.91. The van der Waals surface area contributed by atoms with Crippen molar-refractivity contribution in [1.82, 2.24) is 10.3 Å². The molecule has 3 N–H and O–H groups in total. The number of hydrogen-bond donors (Lipinski definition) is 2. The normalized spacial score (nSPS) is 23.9. The number of aromatic nitrogens is 1. The summed E-state index contributed by atoms with van der Waals surface area (Å²) < 4.78 is 0. The van der Waals surface area contributed by atoms with Crippen molar-refractivity contribution in [2.45, 2.75) is 32.4 Å². The van der Waals surface area contributed by atoms with Crippen LogP contribution in [0.4, 0.5) is 0 Å². The molecule has 1 aromatic heterocycles. The molecule has 1 aliphatic carbocycles. The summed E-state index contributed by atoms with van der Waals surface area (Å²) in [5.41, 5.74) is 5.94. The summed E-state index contributed by atoms with van der Waals surface area (Å²) in [6.45, 7) is 2.55. The van der Waals surface area contributed by atoms with Crippen molar-refractivity contribution in [2.24, 2.45) is 11.7 Å². The molecule has 2 rings (SSSR count). The molecule has 1 saturated carbocycles. The molecule has 5 heteroatoms. The topological polar surface area (TPSA) is 68.0 Å². The minimum atomic E-state index is -0.0631. The lowest BCUT2D eigenvalue weighted by molar-refractivity contribution is 0.0944. The summed E-state index contributed by atoms with van der Waals surface area (Å²) in [7, 11) is 0. The number of thiazole rings is 1. The molecule has 0 saturated heterocycles. The lowest BCUT2D eigenvalue weighted by Gasteiger charge is -2.00. The van der Waals surface area contributed by atoms with E-state index in [-0.39, 0.29) is 5.91 Å². The average molecular weight is 225 g/mol. The summed E-state index contributed by atoms with van der Waals surface area (Å²) >= 11 is 1.43. The van der Waals surface area contributed by atoms with E-state index in [1.165, 1.54) is 11.3 Å². The van der Waals surface area contributed by atoms with Crippen LogP contribution in [0.2, 0.25) is 0 Å². The highest BCUT2D eigenvalue weighted by molar-refractivity contribution is 7.09. The maximum absolute atomic E-state index is 11.7. The predicted octanol–water partition coefficient (Wildman–Crippen LogP) is 1.13. The lowest BCUT2D eigenvalue weighted by Crippen LogP contribution is -2.27. The molecule has 0 radical (unpaired) electrons. The first-order chi connectivity index (χ1) is 7.24. The molecule has 1 heterocycles. The van der Waals surface area contributed by atoms with E-state index in [4.69, 9.17) is 5.73 Å². The summed E-state index contributed by atoms with van der Waals surface area (Å²) in [5.74, 6) is 0.605. The maximum Gasteiger partial charge on any atom is 0.270 e. The maximum atomic E-state index is 11.7. The van der Waals surface area contributed by atoms with Gasteiger partial charge >= 0.3 is 0 Å². The van der Waals surface area contributed by atoms with Gasteiger partial charge in [0, 0.05) is 18.0 Å². The van der Waals surface area contributed by atoms with Gasteiger partial charge in [0.2, 0.25) is 0 Å². The zero-order chi connectivity index (χ0) is 10.8. The van der Waals surface area contributed by atoms with Gasteiger partial charge in [-0.05, 0) is 12.3 Å². The predicted molar refractivity (Wildman–Crippen MR) is 59.7 cm³/mol. The second kappa shape index (κ2) is 4.28. The Kier molecular flexibility index (Phi) is 3.02. The van der Waals surface area contributed by atoms with E-state index in [0.717, 1.165) is 17.8 Å². The Morgan fingerprint density at radius 2 is 2.60 bits per heavy atom. The number of rotatable bonds is 4. The molecule has 0 spiro atoms. The third kappa shape index (κ3) is 2.35. The van der Waals surface area contributed by atoms with Crippen LogP contribution in [-0.4, -0.2) is 16.9 Å². The van der Waals surface area contributed by atoms with Gasteiger partial charge in [0.25, 0.3) is 5.91 Å². The van der Waals surface area contributed by atoms with Gasteiger partial charge in [0.15, 0.2) is 0 Å². The number of hydrogen-bond acceptors (Lipinski definition) is 4. The minimum Gasteiger partial charge on any atom is -0.348 e. The number of amides is 1. The van der Waals surface area contributed by atoms with Gasteiger partial charge in [0.05, 0.1) is 0 Å². The standard InChI is InChI=1S/C10H15N3OS/c1-2-6-3-7(6)13-10(14)8-5-15-9(4-11)12-8/h5-7H,2-4,11H2,1H3,(H,13,14). The molecular weight excluding hydrogens is 210 g/mol. The molecule has 1 amide bonds. The zero-order valence-electron chi connectivity index (χ0n) is 8.69. The van der Waals surface area contributed by atoms with Crippen LogP contribution in [0.3, 0.4) is 0 Å². The first-order valence-corrected chi connectivity index (χ1v) is 6.08. The zero-order valence-corrected chi connectivity index (χ0v) is 9.51. The lowest BCUT2D eigenvalue weighted by atomic mass is 10.3. The molecule has 0 bridgehead atoms. The van der Waals surface area contributed by atoms with E-state index in [1.807, 2.05) is 0 Å². The molecule has 15 heavy (non-hydrogen) atoms. The van der Waals surface area contributed by atoms with Crippen molar-refractivity contribution in [3.05, 3.63) is 16.1 Å². The number of carbonyl (C=O) groups excluding carboxylic acids is 1. The molecule has 0 aromatic carbocycles. The number of carbonyl (C=O) groups is 1. The Morgan fingerprint density at radius 3 is 3.13 bits per heavy atom. The van der Waals surface area contributed by atoms with Gasteiger partial charge in [0.1, 0.15) is 10.7 Å². The third-order valence-electron chi connectivity index (χ3n) is 2.72. The molecule has 1 fully saturated rings. The van der Waals surface area contributed by atoms with Crippen molar-refractivity contribution in [3.63, 3.8) is 0 Å². The van der Waals surface area contributed by atoms with Gasteiger partial charge in [-0.2, -0.15) is 0 Å². The smallest absolute Gasteiger partial charge is 0.270 e. The van der Waals surface area contributed by atoms with E-state index in [9.17, 15) is 4.79 Å². The van der Waals surface area contributed by atoms with Gasteiger partial charge < -0.3 is 11.1 Å². The van der Waals surface area contributed by atoms with E-state index < -0.39 is 0 Å². The van der Waals surface area contributed by atoms with Crippen molar-refractivity contribution in [3.8, 4) is 0 Å². The molecule has 1 aromatic rings. The van der Waals surface area contributed by atoms with E-state index in [1.54, 1.807) is 5.38 Å². The highest BCUT2D eigenvalue weighted by Gasteiger charge is 2.36. The van der Waals surface area contributed by atoms with Crippen molar-refractivity contribution < 1.29 is 4.79 Å². The molecular formula is C10H15N3OS. The molecule has 4 nitrogen and oxygen atoms in total. The second-order valence-corrected chi connectivity index (χ2v) is 4.76. The Hall–Kier alpha value is -0.940. The fraction of sp³-hybridized carbons (Fsp3) is 0.600.